The maximum absolute atomic E-state index is 16.0. The third-order valence-electron chi connectivity index (χ3n) is 9.28. The van der Waals surface area contributed by atoms with Gasteiger partial charge in [0.1, 0.15) is 18.2 Å². The summed E-state index contributed by atoms with van der Waals surface area (Å²) in [5.41, 5.74) is 4.36. The largest absolute Gasteiger partial charge is 0.462 e. The minimum Gasteiger partial charge on any atom is -0.462 e. The van der Waals surface area contributed by atoms with E-state index in [-0.39, 0.29) is 37.4 Å². The quantitative estimate of drug-likeness (QED) is 0.344. The Morgan fingerprint density at radius 1 is 1.16 bits per heavy atom. The number of halogens is 2. The molecule has 2 saturated heterocycles. The minimum absolute atomic E-state index is 0.00591. The zero-order valence-electron chi connectivity index (χ0n) is 24.7. The number of aromatic nitrogens is 2. The fraction of sp³-hybridized carbons (Fsp3) is 0.455. The molecular formula is C33H36F2N6O2. The van der Waals surface area contributed by atoms with Crippen molar-refractivity contribution in [2.45, 2.75) is 57.0 Å². The lowest BCUT2D eigenvalue weighted by Crippen LogP contribution is -2.55. The smallest absolute Gasteiger partial charge is 0.319 e. The third-order valence-corrected chi connectivity index (χ3v) is 9.28. The van der Waals surface area contributed by atoms with Crippen LogP contribution >= 0.6 is 0 Å². The van der Waals surface area contributed by atoms with Gasteiger partial charge in [-0.25, -0.2) is 8.78 Å². The first-order valence-electron chi connectivity index (χ1n) is 15.0. The minimum atomic E-state index is -1.06. The van der Waals surface area contributed by atoms with Crippen LogP contribution in [0.1, 0.15) is 49.7 Å². The van der Waals surface area contributed by atoms with Gasteiger partial charge in [-0.05, 0) is 74.0 Å². The normalized spacial score (nSPS) is 22.1. The van der Waals surface area contributed by atoms with E-state index < -0.39 is 17.8 Å². The molecule has 0 bridgehead atoms. The van der Waals surface area contributed by atoms with Crippen LogP contribution in [0.25, 0.3) is 22.0 Å². The number of amides is 1. The number of nitrogens with zero attached hydrogens (tertiary/aromatic N) is 6. The van der Waals surface area contributed by atoms with E-state index >= 15 is 4.39 Å². The van der Waals surface area contributed by atoms with Crippen LogP contribution in [0.3, 0.4) is 0 Å². The standard InChI is InChI=1S/C33H36F2N6O2/c1-20-9-10-26-24(20)7-4-8-25(26)27-17-30-28(16-29(27)35)31(38-33(37-30)43-19-23-6-5-13-39(23)3)40-14-15-41(32(42)21(2)34)22(18-40)11-12-36/h4,7-8,16-17,20,22-23H,2,5-6,9-11,13-15,18-19H2,1,3H3/t20?,22-,23-/m0/s1. The molecule has 2 aromatic carbocycles. The summed E-state index contributed by atoms with van der Waals surface area (Å²) in [4.78, 5) is 27.5. The van der Waals surface area contributed by atoms with Gasteiger partial charge in [0, 0.05) is 36.6 Å². The number of likely N-dealkylation sites (tertiary alicyclic amines) is 1. The molecule has 0 spiro atoms. The van der Waals surface area contributed by atoms with Crippen molar-refractivity contribution in [3.05, 3.63) is 59.7 Å². The number of hydrogen-bond acceptors (Lipinski definition) is 7. The number of benzene rings is 2. The molecule has 224 valence electrons. The Kier molecular flexibility index (Phi) is 8.01. The SMILES string of the molecule is C=C(F)C(=O)N1CCN(c2nc(OC[C@@H]3CCCN3C)nc3cc(-c4cccc5c4CCC5C)c(F)cc23)C[C@@H]1CC#N. The van der Waals surface area contributed by atoms with E-state index in [0.717, 1.165) is 37.8 Å². The molecule has 1 amide bonds. The van der Waals surface area contributed by atoms with Crippen LogP contribution in [0.15, 0.2) is 42.7 Å². The second-order valence-electron chi connectivity index (χ2n) is 11.9. The van der Waals surface area contributed by atoms with Crippen molar-refractivity contribution in [1.82, 2.24) is 19.8 Å². The van der Waals surface area contributed by atoms with E-state index in [1.807, 2.05) is 17.0 Å². The van der Waals surface area contributed by atoms with Crippen molar-refractivity contribution >= 4 is 22.6 Å². The summed E-state index contributed by atoms with van der Waals surface area (Å²) in [7, 11) is 2.07. The van der Waals surface area contributed by atoms with Gasteiger partial charge < -0.3 is 19.4 Å². The Labute approximate surface area is 250 Å². The lowest BCUT2D eigenvalue weighted by molar-refractivity contribution is -0.131. The average Bonchev–Trinajstić information content (AvgIpc) is 3.59. The molecule has 3 atom stereocenters. The van der Waals surface area contributed by atoms with Gasteiger partial charge in [0.25, 0.3) is 5.91 Å². The van der Waals surface area contributed by atoms with Crippen LogP contribution in [0.4, 0.5) is 14.6 Å². The summed E-state index contributed by atoms with van der Waals surface area (Å²) in [6.07, 6.45) is 4.07. The van der Waals surface area contributed by atoms with E-state index in [1.165, 1.54) is 22.1 Å². The van der Waals surface area contributed by atoms with Crippen LogP contribution in [-0.4, -0.2) is 77.6 Å². The molecule has 2 fully saturated rings. The predicted molar refractivity (Wildman–Crippen MR) is 161 cm³/mol. The molecular weight excluding hydrogens is 550 g/mol. The number of hydrogen-bond donors (Lipinski definition) is 0. The van der Waals surface area contributed by atoms with Crippen molar-refractivity contribution in [1.29, 1.82) is 5.26 Å². The second kappa shape index (κ2) is 11.9. The summed E-state index contributed by atoms with van der Waals surface area (Å²) in [5.74, 6) is -1.36. The van der Waals surface area contributed by atoms with Gasteiger partial charge in [-0.3, -0.25) is 4.79 Å². The van der Waals surface area contributed by atoms with E-state index in [9.17, 15) is 14.4 Å². The number of nitriles is 1. The third kappa shape index (κ3) is 5.54. The number of rotatable bonds is 7. The van der Waals surface area contributed by atoms with E-state index in [2.05, 4.69) is 37.6 Å². The topological polar surface area (TPSA) is 85.6 Å². The van der Waals surface area contributed by atoms with E-state index in [1.54, 1.807) is 6.07 Å². The Morgan fingerprint density at radius 3 is 2.74 bits per heavy atom. The summed E-state index contributed by atoms with van der Waals surface area (Å²) in [5, 5.41) is 9.97. The van der Waals surface area contributed by atoms with Gasteiger partial charge in [0.2, 0.25) is 0 Å². The summed E-state index contributed by atoms with van der Waals surface area (Å²) in [6.45, 7) is 7.48. The lowest BCUT2D eigenvalue weighted by Gasteiger charge is -2.41. The van der Waals surface area contributed by atoms with Crippen LogP contribution in [0.5, 0.6) is 6.01 Å². The maximum atomic E-state index is 16.0. The van der Waals surface area contributed by atoms with E-state index in [4.69, 9.17) is 14.7 Å². The van der Waals surface area contributed by atoms with Gasteiger partial charge in [-0.1, -0.05) is 31.7 Å². The first-order chi connectivity index (χ1) is 20.7. The fourth-order valence-corrected chi connectivity index (χ4v) is 6.85. The first-order valence-corrected chi connectivity index (χ1v) is 15.0. The Hall–Kier alpha value is -4.10. The van der Waals surface area contributed by atoms with Gasteiger partial charge >= 0.3 is 6.01 Å². The Morgan fingerprint density at radius 2 is 2.00 bits per heavy atom. The molecule has 1 unspecified atom stereocenters. The molecule has 3 aliphatic rings. The molecule has 0 N–H and O–H groups in total. The highest BCUT2D eigenvalue weighted by atomic mass is 19.1. The van der Waals surface area contributed by atoms with Crippen molar-refractivity contribution in [3.8, 4) is 23.2 Å². The maximum Gasteiger partial charge on any atom is 0.319 e. The van der Waals surface area contributed by atoms with Crippen molar-refractivity contribution in [3.63, 3.8) is 0 Å². The molecule has 6 rings (SSSR count). The zero-order valence-corrected chi connectivity index (χ0v) is 24.7. The average molecular weight is 587 g/mol. The highest BCUT2D eigenvalue weighted by Crippen LogP contribution is 2.41. The van der Waals surface area contributed by atoms with Gasteiger partial charge in [0.05, 0.1) is 24.0 Å². The van der Waals surface area contributed by atoms with Crippen LogP contribution < -0.4 is 9.64 Å². The summed E-state index contributed by atoms with van der Waals surface area (Å²) in [6, 6.07) is 11.3. The predicted octanol–water partition coefficient (Wildman–Crippen LogP) is 5.37. The molecule has 3 aromatic rings. The number of piperazine rings is 1. The highest BCUT2D eigenvalue weighted by Gasteiger charge is 2.34. The number of likely N-dealkylation sites (N-methyl/N-ethyl adjacent to an activating group) is 1. The fourth-order valence-electron chi connectivity index (χ4n) is 6.85. The molecule has 3 heterocycles. The lowest BCUT2D eigenvalue weighted by atomic mass is 9.94. The molecule has 2 aliphatic heterocycles. The van der Waals surface area contributed by atoms with E-state index in [0.29, 0.717) is 41.4 Å². The van der Waals surface area contributed by atoms with Gasteiger partial charge in [-0.15, -0.1) is 0 Å². The van der Waals surface area contributed by atoms with Crippen molar-refractivity contribution in [2.75, 3.05) is 44.7 Å². The van der Waals surface area contributed by atoms with Crippen molar-refractivity contribution < 1.29 is 18.3 Å². The first kappa shape index (κ1) is 29.0. The number of anilines is 1. The number of carbonyl (C=O) groups is 1. The summed E-state index contributed by atoms with van der Waals surface area (Å²) >= 11 is 0. The molecule has 0 saturated carbocycles. The van der Waals surface area contributed by atoms with Gasteiger partial charge in [-0.2, -0.15) is 15.2 Å². The van der Waals surface area contributed by atoms with Crippen LogP contribution in [0.2, 0.25) is 0 Å². The zero-order chi connectivity index (χ0) is 30.2. The molecule has 1 aromatic heterocycles. The van der Waals surface area contributed by atoms with Crippen LogP contribution in [-0.2, 0) is 11.2 Å². The highest BCUT2D eigenvalue weighted by molar-refractivity contribution is 5.94. The second-order valence-corrected chi connectivity index (χ2v) is 11.9. The van der Waals surface area contributed by atoms with Crippen LogP contribution in [0, 0.1) is 17.1 Å². The molecule has 10 heteroatoms. The molecule has 0 radical (unpaired) electrons. The van der Waals surface area contributed by atoms with Crippen molar-refractivity contribution in [2.24, 2.45) is 0 Å². The monoisotopic (exact) mass is 586 g/mol. The molecule has 43 heavy (non-hydrogen) atoms. The summed E-state index contributed by atoms with van der Waals surface area (Å²) < 4.78 is 36.0. The Balaban J connectivity index is 1.41. The van der Waals surface area contributed by atoms with Gasteiger partial charge in [0.15, 0.2) is 5.83 Å². The number of fused-ring (bicyclic) bond motifs is 2. The number of carbonyl (C=O) groups excluding carboxylic acids is 1. The molecule has 8 nitrogen and oxygen atoms in total. The molecule has 1 aliphatic carbocycles. The number of ether oxygens (including phenoxy) is 1. The Bertz CT molecular complexity index is 1620.